The van der Waals surface area contributed by atoms with Gasteiger partial charge in [-0.05, 0) is 36.6 Å². The van der Waals surface area contributed by atoms with Crippen LogP contribution in [0.3, 0.4) is 0 Å². The minimum Gasteiger partial charge on any atom is -0.497 e. The van der Waals surface area contributed by atoms with Crippen LogP contribution in [0.25, 0.3) is 0 Å². The number of rotatable bonds is 8. The van der Waals surface area contributed by atoms with Crippen molar-refractivity contribution in [2.24, 2.45) is 0 Å². The Morgan fingerprint density at radius 2 is 1.78 bits per heavy atom. The van der Waals surface area contributed by atoms with Crippen molar-refractivity contribution in [2.75, 3.05) is 12.4 Å². The van der Waals surface area contributed by atoms with E-state index < -0.39 is 0 Å². The molecule has 0 aliphatic rings. The molecular weight excluding hydrogens is 378 g/mol. The van der Waals surface area contributed by atoms with Crippen molar-refractivity contribution in [2.45, 2.75) is 29.9 Å². The molecule has 3 rings (SSSR count). The van der Waals surface area contributed by atoms with Gasteiger partial charge in [-0.2, -0.15) is 0 Å². The Kier molecular flexibility index (Phi) is 6.84. The average molecular weight is 400 g/mol. The Morgan fingerprint density at radius 1 is 1.07 bits per heavy atom. The van der Waals surface area contributed by atoms with Crippen LogP contribution >= 0.6 is 23.1 Å². The Labute approximate surface area is 167 Å². The summed E-state index contributed by atoms with van der Waals surface area (Å²) in [5.74, 6) is 1.59. The van der Waals surface area contributed by atoms with E-state index in [2.05, 4.69) is 46.7 Å². The van der Waals surface area contributed by atoms with Crippen LogP contribution in [0.4, 0.5) is 5.13 Å². The lowest BCUT2D eigenvalue weighted by atomic mass is 10.1. The molecule has 0 aliphatic heterocycles. The molecule has 0 saturated heterocycles. The summed E-state index contributed by atoms with van der Waals surface area (Å²) in [5, 5.41) is 11.6. The van der Waals surface area contributed by atoms with Gasteiger partial charge in [-0.1, -0.05) is 65.1 Å². The number of aryl methyl sites for hydroxylation is 2. The number of carbonyl (C=O) groups excluding carboxylic acids is 1. The SMILES string of the molecule is COc1ccc(CCC(=O)Nc2nnc(SCc3ccc(C)cc3)s2)cc1. The molecule has 5 nitrogen and oxygen atoms in total. The number of thioether (sulfide) groups is 1. The summed E-state index contributed by atoms with van der Waals surface area (Å²) in [7, 11) is 1.64. The van der Waals surface area contributed by atoms with Gasteiger partial charge in [0.25, 0.3) is 0 Å². The first kappa shape index (κ1) is 19.4. The van der Waals surface area contributed by atoms with Crippen LogP contribution in [0.15, 0.2) is 52.9 Å². The van der Waals surface area contributed by atoms with E-state index in [4.69, 9.17) is 4.74 Å². The first-order valence-electron chi connectivity index (χ1n) is 8.57. The summed E-state index contributed by atoms with van der Waals surface area (Å²) in [6.45, 7) is 2.07. The fraction of sp³-hybridized carbons (Fsp3) is 0.250. The van der Waals surface area contributed by atoms with Crippen molar-refractivity contribution in [3.63, 3.8) is 0 Å². The first-order chi connectivity index (χ1) is 13.1. The zero-order valence-electron chi connectivity index (χ0n) is 15.3. The second-order valence-electron chi connectivity index (χ2n) is 6.04. The second kappa shape index (κ2) is 9.53. The molecule has 1 heterocycles. The Bertz CT molecular complexity index is 877. The van der Waals surface area contributed by atoms with Gasteiger partial charge >= 0.3 is 0 Å². The van der Waals surface area contributed by atoms with Crippen LogP contribution in [0.2, 0.25) is 0 Å². The molecule has 0 fully saturated rings. The molecular formula is C20H21N3O2S2. The number of carbonyl (C=O) groups is 1. The van der Waals surface area contributed by atoms with Gasteiger partial charge in [0.15, 0.2) is 4.34 Å². The van der Waals surface area contributed by atoms with E-state index in [1.807, 2.05) is 24.3 Å². The highest BCUT2D eigenvalue weighted by Gasteiger charge is 2.09. The number of aromatic nitrogens is 2. The van der Waals surface area contributed by atoms with Crippen LogP contribution in [0, 0.1) is 6.92 Å². The maximum atomic E-state index is 12.1. The molecule has 2 aromatic carbocycles. The van der Waals surface area contributed by atoms with Crippen LogP contribution in [-0.4, -0.2) is 23.2 Å². The molecule has 0 bridgehead atoms. The third-order valence-corrected chi connectivity index (χ3v) is 5.98. The highest BCUT2D eigenvalue weighted by molar-refractivity contribution is 8.00. The minimum absolute atomic E-state index is 0.0583. The largest absolute Gasteiger partial charge is 0.497 e. The lowest BCUT2D eigenvalue weighted by molar-refractivity contribution is -0.116. The highest BCUT2D eigenvalue weighted by Crippen LogP contribution is 2.28. The van der Waals surface area contributed by atoms with Gasteiger partial charge in [0.05, 0.1) is 7.11 Å². The van der Waals surface area contributed by atoms with Gasteiger partial charge in [0.1, 0.15) is 5.75 Å². The number of amides is 1. The molecule has 0 aliphatic carbocycles. The molecule has 1 aromatic heterocycles. The Balaban J connectivity index is 1.44. The molecule has 27 heavy (non-hydrogen) atoms. The van der Waals surface area contributed by atoms with Crippen LogP contribution in [-0.2, 0) is 17.0 Å². The topological polar surface area (TPSA) is 64.1 Å². The van der Waals surface area contributed by atoms with Gasteiger partial charge in [-0.3, -0.25) is 4.79 Å². The third kappa shape index (κ3) is 6.08. The summed E-state index contributed by atoms with van der Waals surface area (Å²) in [4.78, 5) is 12.1. The standard InChI is InChI=1S/C20H21N3O2S2/c1-14-3-5-16(6-4-14)13-26-20-23-22-19(27-20)21-18(24)12-9-15-7-10-17(25-2)11-8-15/h3-8,10-11H,9,12-13H2,1-2H3,(H,21,22,24). The number of methoxy groups -OCH3 is 1. The minimum atomic E-state index is -0.0583. The van der Waals surface area contributed by atoms with E-state index >= 15 is 0 Å². The quantitative estimate of drug-likeness (QED) is 0.439. The van der Waals surface area contributed by atoms with Crippen molar-refractivity contribution in [1.29, 1.82) is 0 Å². The number of hydrogen-bond acceptors (Lipinski definition) is 6. The number of benzene rings is 2. The second-order valence-corrected chi connectivity index (χ2v) is 8.24. The summed E-state index contributed by atoms with van der Waals surface area (Å²) in [6, 6.07) is 16.2. The van der Waals surface area contributed by atoms with E-state index in [9.17, 15) is 4.79 Å². The number of nitrogens with zero attached hydrogens (tertiary/aromatic N) is 2. The fourth-order valence-electron chi connectivity index (χ4n) is 2.38. The average Bonchev–Trinajstić information content (AvgIpc) is 3.13. The molecule has 0 unspecified atom stereocenters. The zero-order valence-corrected chi connectivity index (χ0v) is 16.9. The van der Waals surface area contributed by atoms with Crippen molar-refractivity contribution in [3.8, 4) is 5.75 Å². The van der Waals surface area contributed by atoms with Crippen molar-refractivity contribution in [3.05, 3.63) is 65.2 Å². The predicted molar refractivity (Wildman–Crippen MR) is 111 cm³/mol. The van der Waals surface area contributed by atoms with Crippen molar-refractivity contribution >= 4 is 34.1 Å². The van der Waals surface area contributed by atoms with E-state index in [0.717, 1.165) is 21.4 Å². The third-order valence-electron chi connectivity index (χ3n) is 3.94. The van der Waals surface area contributed by atoms with E-state index in [1.54, 1.807) is 18.9 Å². The number of hydrogen-bond donors (Lipinski definition) is 1. The molecule has 1 amide bonds. The maximum absolute atomic E-state index is 12.1. The summed E-state index contributed by atoms with van der Waals surface area (Å²) in [5.41, 5.74) is 3.59. The smallest absolute Gasteiger partial charge is 0.226 e. The normalized spacial score (nSPS) is 10.6. The molecule has 0 saturated carbocycles. The number of anilines is 1. The zero-order chi connectivity index (χ0) is 19.1. The van der Waals surface area contributed by atoms with Gasteiger partial charge in [0.2, 0.25) is 11.0 Å². The van der Waals surface area contributed by atoms with Crippen molar-refractivity contribution < 1.29 is 9.53 Å². The number of nitrogens with one attached hydrogen (secondary N) is 1. The molecule has 7 heteroatoms. The highest BCUT2D eigenvalue weighted by atomic mass is 32.2. The summed E-state index contributed by atoms with van der Waals surface area (Å²) < 4.78 is 5.98. The Morgan fingerprint density at radius 3 is 2.48 bits per heavy atom. The van der Waals surface area contributed by atoms with Crippen molar-refractivity contribution in [1.82, 2.24) is 10.2 Å². The first-order valence-corrected chi connectivity index (χ1v) is 10.4. The molecule has 3 aromatic rings. The molecule has 0 atom stereocenters. The molecule has 0 spiro atoms. The summed E-state index contributed by atoms with van der Waals surface area (Å²) in [6.07, 6.45) is 1.07. The van der Waals surface area contributed by atoms with Crippen LogP contribution < -0.4 is 10.1 Å². The Hall–Kier alpha value is -2.38. The van der Waals surface area contributed by atoms with Gasteiger partial charge in [0, 0.05) is 12.2 Å². The van der Waals surface area contributed by atoms with Crippen LogP contribution in [0.1, 0.15) is 23.1 Å². The molecule has 0 radical (unpaired) electrons. The molecule has 140 valence electrons. The van der Waals surface area contributed by atoms with Crippen LogP contribution in [0.5, 0.6) is 5.75 Å². The lowest BCUT2D eigenvalue weighted by Gasteiger charge is -2.03. The van der Waals surface area contributed by atoms with E-state index in [0.29, 0.717) is 18.0 Å². The monoisotopic (exact) mass is 399 g/mol. The maximum Gasteiger partial charge on any atom is 0.226 e. The summed E-state index contributed by atoms with van der Waals surface area (Å²) >= 11 is 3.03. The predicted octanol–water partition coefficient (Wildman–Crippen LogP) is 4.72. The van der Waals surface area contributed by atoms with E-state index in [-0.39, 0.29) is 5.91 Å². The molecule has 1 N–H and O–H groups in total. The van der Waals surface area contributed by atoms with Gasteiger partial charge in [-0.15, -0.1) is 10.2 Å². The van der Waals surface area contributed by atoms with Gasteiger partial charge < -0.3 is 10.1 Å². The van der Waals surface area contributed by atoms with Gasteiger partial charge in [-0.25, -0.2) is 0 Å². The lowest BCUT2D eigenvalue weighted by Crippen LogP contribution is -2.12. The van der Waals surface area contributed by atoms with E-state index in [1.165, 1.54) is 22.5 Å². The fourth-order valence-corrected chi connectivity index (χ4v) is 4.10. The number of ether oxygens (including phenoxy) is 1.